The summed E-state index contributed by atoms with van der Waals surface area (Å²) in [6.07, 6.45) is 0.654. The minimum Gasteiger partial charge on any atom is -0.480 e. The molecule has 0 aromatic rings. The molecule has 1 rings (SSSR count). The summed E-state index contributed by atoms with van der Waals surface area (Å²) in [5, 5.41) is 18.6. The van der Waals surface area contributed by atoms with Gasteiger partial charge in [-0.3, -0.25) is 4.79 Å². The van der Waals surface area contributed by atoms with Gasteiger partial charge in [-0.1, -0.05) is 13.3 Å². The second-order valence-electron chi connectivity index (χ2n) is 4.92. The van der Waals surface area contributed by atoms with E-state index in [-0.39, 0.29) is 19.5 Å². The Morgan fingerprint density at radius 1 is 1.40 bits per heavy atom. The first-order valence-corrected chi connectivity index (χ1v) is 6.61. The van der Waals surface area contributed by atoms with Crippen molar-refractivity contribution in [1.82, 2.24) is 9.80 Å². The van der Waals surface area contributed by atoms with Gasteiger partial charge in [0.15, 0.2) is 0 Å². The van der Waals surface area contributed by atoms with Gasteiger partial charge in [-0.15, -0.1) is 0 Å². The molecule has 0 bridgehead atoms. The number of primary amides is 1. The van der Waals surface area contributed by atoms with E-state index in [0.29, 0.717) is 13.0 Å². The van der Waals surface area contributed by atoms with E-state index in [1.807, 2.05) is 6.92 Å². The molecule has 4 N–H and O–H groups in total. The van der Waals surface area contributed by atoms with Gasteiger partial charge in [-0.25, -0.2) is 9.59 Å². The Labute approximate surface area is 117 Å². The summed E-state index contributed by atoms with van der Waals surface area (Å²) in [4.78, 5) is 36.8. The second-order valence-corrected chi connectivity index (χ2v) is 4.92. The number of amides is 3. The number of likely N-dealkylation sites (tertiary alicyclic amines) is 1. The quantitative estimate of drug-likeness (QED) is 0.590. The largest absolute Gasteiger partial charge is 0.480 e. The highest BCUT2D eigenvalue weighted by atomic mass is 16.4. The number of aliphatic carboxylic acids is 1. The van der Waals surface area contributed by atoms with Gasteiger partial charge in [0.2, 0.25) is 5.91 Å². The van der Waals surface area contributed by atoms with E-state index in [9.17, 15) is 19.5 Å². The van der Waals surface area contributed by atoms with Crippen molar-refractivity contribution in [3.63, 3.8) is 0 Å². The van der Waals surface area contributed by atoms with Crippen LogP contribution in [-0.4, -0.2) is 69.7 Å². The van der Waals surface area contributed by atoms with E-state index in [0.717, 1.165) is 11.3 Å². The van der Waals surface area contributed by atoms with Gasteiger partial charge in [0.25, 0.3) is 0 Å². The van der Waals surface area contributed by atoms with Crippen LogP contribution in [0.5, 0.6) is 0 Å². The highest BCUT2D eigenvalue weighted by Gasteiger charge is 2.40. The third-order valence-corrected chi connectivity index (χ3v) is 3.21. The van der Waals surface area contributed by atoms with Crippen LogP contribution in [0.15, 0.2) is 0 Å². The number of carboxylic acid groups (broad SMARTS) is 1. The van der Waals surface area contributed by atoms with Crippen LogP contribution < -0.4 is 5.73 Å². The van der Waals surface area contributed by atoms with E-state index in [1.165, 1.54) is 4.90 Å². The molecule has 0 aromatic heterocycles. The highest BCUT2D eigenvalue weighted by Crippen LogP contribution is 2.20. The number of aliphatic hydroxyl groups is 1. The van der Waals surface area contributed by atoms with Gasteiger partial charge >= 0.3 is 12.0 Å². The molecule has 1 heterocycles. The number of carbonyl (C=O) groups excluding carboxylic acids is 2. The minimum atomic E-state index is -1.16. The number of urea groups is 1. The minimum absolute atomic E-state index is 0.000732. The van der Waals surface area contributed by atoms with Crippen LogP contribution in [0.2, 0.25) is 0 Å². The Hall–Kier alpha value is -1.83. The number of aliphatic hydroxyl groups excluding tert-OH is 1. The molecule has 20 heavy (non-hydrogen) atoms. The maximum absolute atomic E-state index is 12.3. The molecule has 0 spiro atoms. The Morgan fingerprint density at radius 3 is 2.55 bits per heavy atom. The maximum atomic E-state index is 12.3. The van der Waals surface area contributed by atoms with E-state index in [1.54, 1.807) is 0 Å². The van der Waals surface area contributed by atoms with Gasteiger partial charge < -0.3 is 25.7 Å². The summed E-state index contributed by atoms with van der Waals surface area (Å²) in [6, 6.07) is -1.63. The zero-order valence-electron chi connectivity index (χ0n) is 11.5. The molecular formula is C12H21N3O5. The van der Waals surface area contributed by atoms with Crippen molar-refractivity contribution in [2.75, 3.05) is 19.6 Å². The standard InChI is InChI=1S/C12H21N3O5/c1-2-3-4-14(7-10(13)17)12(20)15-6-8(16)5-9(15)11(18)19/h8-9,16H,2-7H2,1H3,(H2,13,17)(H,18,19)/t8-,9-/m1/s1. The number of β-amino-alcohol motifs (C(OH)–C–C–N with tert-alkyl or cyclic N) is 1. The molecule has 0 unspecified atom stereocenters. The van der Waals surface area contributed by atoms with Crippen molar-refractivity contribution in [2.24, 2.45) is 5.73 Å². The predicted octanol–water partition coefficient (Wildman–Crippen LogP) is -0.786. The van der Waals surface area contributed by atoms with Gasteiger partial charge in [0.1, 0.15) is 12.6 Å². The molecule has 1 saturated heterocycles. The Balaban J connectivity index is 2.81. The number of nitrogens with zero attached hydrogens (tertiary/aromatic N) is 2. The molecule has 1 aliphatic rings. The molecule has 0 radical (unpaired) electrons. The zero-order chi connectivity index (χ0) is 15.3. The summed E-state index contributed by atoms with van der Waals surface area (Å²) in [5.74, 6) is -1.81. The fourth-order valence-corrected chi connectivity index (χ4v) is 2.22. The second kappa shape index (κ2) is 7.09. The molecule has 114 valence electrons. The first-order chi connectivity index (χ1) is 9.36. The Morgan fingerprint density at radius 2 is 2.05 bits per heavy atom. The van der Waals surface area contributed by atoms with E-state index in [4.69, 9.17) is 10.8 Å². The Kier molecular flexibility index (Phi) is 5.75. The zero-order valence-corrected chi connectivity index (χ0v) is 11.5. The number of nitrogens with two attached hydrogens (primary N) is 1. The molecule has 0 aliphatic carbocycles. The smallest absolute Gasteiger partial charge is 0.326 e. The molecule has 3 amide bonds. The summed E-state index contributed by atoms with van der Waals surface area (Å²) in [5.41, 5.74) is 5.11. The topological polar surface area (TPSA) is 124 Å². The molecule has 8 heteroatoms. The molecule has 1 aliphatic heterocycles. The number of unbranched alkanes of at least 4 members (excludes halogenated alkanes) is 1. The molecular weight excluding hydrogens is 266 g/mol. The van der Waals surface area contributed by atoms with Crippen molar-refractivity contribution in [3.05, 3.63) is 0 Å². The van der Waals surface area contributed by atoms with Crippen LogP contribution in [0, 0.1) is 0 Å². The van der Waals surface area contributed by atoms with Gasteiger partial charge in [-0.05, 0) is 6.42 Å². The van der Waals surface area contributed by atoms with Crippen molar-refractivity contribution in [2.45, 2.75) is 38.3 Å². The lowest BCUT2D eigenvalue weighted by Gasteiger charge is -2.29. The number of carbonyl (C=O) groups is 3. The van der Waals surface area contributed by atoms with Gasteiger partial charge in [0, 0.05) is 19.5 Å². The van der Waals surface area contributed by atoms with Crippen LogP contribution in [0.25, 0.3) is 0 Å². The van der Waals surface area contributed by atoms with Crippen molar-refractivity contribution >= 4 is 17.9 Å². The van der Waals surface area contributed by atoms with Crippen molar-refractivity contribution in [1.29, 1.82) is 0 Å². The predicted molar refractivity (Wildman–Crippen MR) is 69.8 cm³/mol. The van der Waals surface area contributed by atoms with Crippen LogP contribution in [0.4, 0.5) is 4.79 Å². The van der Waals surface area contributed by atoms with Gasteiger partial charge in [-0.2, -0.15) is 0 Å². The summed E-state index contributed by atoms with van der Waals surface area (Å²) < 4.78 is 0. The molecule has 8 nitrogen and oxygen atoms in total. The first-order valence-electron chi connectivity index (χ1n) is 6.61. The highest BCUT2D eigenvalue weighted by molar-refractivity contribution is 5.86. The molecule has 1 fully saturated rings. The SMILES string of the molecule is CCCCN(CC(N)=O)C(=O)N1C[C@H](O)C[C@@H]1C(=O)O. The third kappa shape index (κ3) is 4.09. The molecule has 0 saturated carbocycles. The van der Waals surface area contributed by atoms with Crippen LogP contribution in [-0.2, 0) is 9.59 Å². The van der Waals surface area contributed by atoms with E-state index >= 15 is 0 Å². The monoisotopic (exact) mass is 287 g/mol. The fraction of sp³-hybridized carbons (Fsp3) is 0.750. The lowest BCUT2D eigenvalue weighted by Crippen LogP contribution is -2.50. The normalized spacial score (nSPS) is 21.8. The average molecular weight is 287 g/mol. The molecule has 2 atom stereocenters. The summed E-state index contributed by atoms with van der Waals surface area (Å²) >= 11 is 0. The fourth-order valence-electron chi connectivity index (χ4n) is 2.22. The first kappa shape index (κ1) is 16.2. The van der Waals surface area contributed by atoms with Crippen LogP contribution >= 0.6 is 0 Å². The average Bonchev–Trinajstić information content (AvgIpc) is 2.75. The van der Waals surface area contributed by atoms with Crippen LogP contribution in [0.1, 0.15) is 26.2 Å². The van der Waals surface area contributed by atoms with Gasteiger partial charge in [0.05, 0.1) is 6.10 Å². The lowest BCUT2D eigenvalue weighted by atomic mass is 10.2. The van der Waals surface area contributed by atoms with Crippen molar-refractivity contribution in [3.8, 4) is 0 Å². The number of hydrogen-bond acceptors (Lipinski definition) is 4. The third-order valence-electron chi connectivity index (χ3n) is 3.21. The lowest BCUT2D eigenvalue weighted by molar-refractivity contribution is -0.141. The van der Waals surface area contributed by atoms with Crippen molar-refractivity contribution < 1.29 is 24.6 Å². The van der Waals surface area contributed by atoms with E-state index in [2.05, 4.69) is 0 Å². The number of hydrogen-bond donors (Lipinski definition) is 3. The maximum Gasteiger partial charge on any atom is 0.326 e. The molecule has 0 aromatic carbocycles. The number of rotatable bonds is 6. The Bertz CT molecular complexity index is 387. The van der Waals surface area contributed by atoms with Crippen LogP contribution in [0.3, 0.4) is 0 Å². The van der Waals surface area contributed by atoms with E-state index < -0.39 is 30.1 Å². The summed E-state index contributed by atoms with van der Waals surface area (Å²) in [7, 11) is 0. The number of carboxylic acids is 1. The summed E-state index contributed by atoms with van der Waals surface area (Å²) in [6.45, 7) is 1.97.